The number of benzene rings is 1. The van der Waals surface area contributed by atoms with Crippen molar-refractivity contribution in [2.24, 2.45) is 5.92 Å². The summed E-state index contributed by atoms with van der Waals surface area (Å²) in [5, 5.41) is 18.9. The Labute approximate surface area is 110 Å². The fourth-order valence-corrected chi connectivity index (χ4v) is 1.70. The number of aliphatic hydroxyl groups is 1. The van der Waals surface area contributed by atoms with Crippen LogP contribution in [0, 0.1) is 11.3 Å². The minimum absolute atomic E-state index is 0.128. The van der Waals surface area contributed by atoms with Gasteiger partial charge in [0.15, 0.2) is 10.7 Å². The van der Waals surface area contributed by atoms with Crippen LogP contribution in [0.15, 0.2) is 34.5 Å². The molecule has 0 aliphatic heterocycles. The topological polar surface area (TPSA) is 48.4 Å². The van der Waals surface area contributed by atoms with Crippen molar-refractivity contribution in [3.63, 3.8) is 0 Å². The largest absolute Gasteiger partial charge is 0.505 e. The molecule has 1 aromatic rings. The van der Waals surface area contributed by atoms with E-state index in [1.54, 1.807) is 12.1 Å². The first-order chi connectivity index (χ1) is 8.04. The van der Waals surface area contributed by atoms with Crippen molar-refractivity contribution in [2.75, 3.05) is 0 Å². The van der Waals surface area contributed by atoms with E-state index in [9.17, 15) is 5.11 Å². The fraction of sp³-hybridized carbons (Fsp3) is 0.385. The van der Waals surface area contributed by atoms with Crippen LogP contribution in [0.2, 0.25) is 0 Å². The van der Waals surface area contributed by atoms with Gasteiger partial charge in [0.1, 0.15) is 0 Å². The predicted octanol–water partition coefficient (Wildman–Crippen LogP) is 4.96. The number of hydrogen-bond donors (Lipinski definition) is 1. The van der Waals surface area contributed by atoms with Crippen LogP contribution in [0.25, 0.3) is 10.7 Å². The van der Waals surface area contributed by atoms with Gasteiger partial charge in [-0.25, -0.2) is 0 Å². The maximum absolute atomic E-state index is 9.89. The summed E-state index contributed by atoms with van der Waals surface area (Å²) in [7, 11) is 0. The average molecular weight is 296 g/mol. The molecule has 0 aliphatic rings. The highest BCUT2D eigenvalue weighted by Crippen LogP contribution is 2.24. The monoisotopic (exact) mass is 295 g/mol. The van der Waals surface area contributed by atoms with Crippen molar-refractivity contribution in [2.45, 2.75) is 26.7 Å². The van der Waals surface area contributed by atoms with E-state index in [2.05, 4.69) is 34.8 Å². The highest BCUT2D eigenvalue weighted by Gasteiger charge is 2.21. The van der Waals surface area contributed by atoms with Gasteiger partial charge in [-0.1, -0.05) is 29.8 Å². The smallest absolute Gasteiger partial charge is 0.428 e. The molecular weight excluding hydrogens is 280 g/mol. The standard InChI is InChI=1S/C13H15BrN2O/c1-9(2)3-8-12(17)13(16-15)10-4-6-11(14)7-5-10/h4-7,9H,3,8H2,1-2H3/p+1/b13-12+. The number of hydrogen-bond acceptors (Lipinski definition) is 2. The van der Waals surface area contributed by atoms with Crippen molar-refractivity contribution in [1.82, 2.24) is 0 Å². The van der Waals surface area contributed by atoms with Gasteiger partial charge in [-0.2, -0.15) is 0 Å². The maximum Gasteiger partial charge on any atom is 0.428 e. The second-order valence-electron chi connectivity index (χ2n) is 4.33. The van der Waals surface area contributed by atoms with Gasteiger partial charge in [-0.15, -0.1) is 0 Å². The molecule has 0 saturated heterocycles. The van der Waals surface area contributed by atoms with Crippen LogP contribution in [0.5, 0.6) is 0 Å². The molecule has 1 aromatic carbocycles. The van der Waals surface area contributed by atoms with Gasteiger partial charge in [0.25, 0.3) is 0 Å². The van der Waals surface area contributed by atoms with E-state index < -0.39 is 0 Å². The Morgan fingerprint density at radius 1 is 1.35 bits per heavy atom. The lowest BCUT2D eigenvalue weighted by Gasteiger charge is -2.01. The first-order valence-electron chi connectivity index (χ1n) is 5.57. The molecule has 0 heterocycles. The maximum atomic E-state index is 9.89. The molecule has 0 fully saturated rings. The number of halogens is 1. The Hall–Kier alpha value is -1.34. The third-order valence-corrected chi connectivity index (χ3v) is 2.98. The Morgan fingerprint density at radius 2 is 1.94 bits per heavy atom. The first kappa shape index (κ1) is 13.7. The highest BCUT2D eigenvalue weighted by atomic mass is 79.9. The molecule has 0 unspecified atom stereocenters. The van der Waals surface area contributed by atoms with E-state index in [1.807, 2.05) is 12.1 Å². The number of rotatable bonds is 4. The van der Waals surface area contributed by atoms with Gasteiger partial charge in [0, 0.05) is 10.9 Å². The predicted molar refractivity (Wildman–Crippen MR) is 72.8 cm³/mol. The van der Waals surface area contributed by atoms with Crippen molar-refractivity contribution >= 4 is 21.6 Å². The normalized spacial score (nSPS) is 12.2. The molecule has 0 saturated carbocycles. The second kappa shape index (κ2) is 6.41. The van der Waals surface area contributed by atoms with Gasteiger partial charge in [-0.05, 0) is 36.6 Å². The molecule has 3 nitrogen and oxygen atoms in total. The zero-order valence-electron chi connectivity index (χ0n) is 10.0. The molecule has 0 spiro atoms. The molecular formula is C13H16BrN2O+. The summed E-state index contributed by atoms with van der Waals surface area (Å²) in [5.74, 6) is 0.630. The van der Waals surface area contributed by atoms with Crippen LogP contribution in [0.4, 0.5) is 0 Å². The highest BCUT2D eigenvalue weighted by molar-refractivity contribution is 9.10. The summed E-state index contributed by atoms with van der Waals surface area (Å²) in [6.07, 6.45) is 1.38. The SMILES string of the molecule is CC(C)CC/C(O)=C(\[N+]#N)c1ccc(Br)cc1. The third-order valence-electron chi connectivity index (χ3n) is 2.45. The Balaban J connectivity index is 2.94. The van der Waals surface area contributed by atoms with Crippen molar-refractivity contribution in [3.8, 4) is 0 Å². The number of diazo groups is 1. The molecule has 1 N–H and O–H groups in total. The van der Waals surface area contributed by atoms with E-state index in [4.69, 9.17) is 5.39 Å². The third kappa shape index (κ3) is 4.20. The quantitative estimate of drug-likeness (QED) is 0.630. The van der Waals surface area contributed by atoms with E-state index >= 15 is 0 Å². The molecule has 1 rings (SSSR count). The van der Waals surface area contributed by atoms with Gasteiger partial charge >= 0.3 is 5.70 Å². The van der Waals surface area contributed by atoms with Crippen LogP contribution >= 0.6 is 15.9 Å². The Bertz CT molecular complexity index is 443. The van der Waals surface area contributed by atoms with Crippen LogP contribution in [0.1, 0.15) is 32.3 Å². The zero-order chi connectivity index (χ0) is 12.8. The molecule has 0 amide bonds. The minimum Gasteiger partial charge on any atom is -0.505 e. The van der Waals surface area contributed by atoms with Crippen LogP contribution in [0.3, 0.4) is 0 Å². The lowest BCUT2D eigenvalue weighted by molar-refractivity contribution is 0.375. The minimum atomic E-state index is 0.128. The van der Waals surface area contributed by atoms with E-state index in [0.717, 1.165) is 10.9 Å². The summed E-state index contributed by atoms with van der Waals surface area (Å²) in [6, 6.07) is 7.28. The molecule has 0 radical (unpaired) electrons. The average Bonchev–Trinajstić information content (AvgIpc) is 2.30. The lowest BCUT2D eigenvalue weighted by Crippen LogP contribution is -1.93. The first-order valence-corrected chi connectivity index (χ1v) is 6.37. The van der Waals surface area contributed by atoms with Gasteiger partial charge < -0.3 is 5.11 Å². The summed E-state index contributed by atoms with van der Waals surface area (Å²) < 4.78 is 0.945. The van der Waals surface area contributed by atoms with E-state index in [1.165, 1.54) is 0 Å². The van der Waals surface area contributed by atoms with E-state index in [0.29, 0.717) is 17.9 Å². The van der Waals surface area contributed by atoms with Crippen molar-refractivity contribution < 1.29 is 5.11 Å². The molecule has 0 aromatic heterocycles. The van der Waals surface area contributed by atoms with Gasteiger partial charge in [-0.3, -0.25) is 0 Å². The van der Waals surface area contributed by atoms with Crippen molar-refractivity contribution in [1.29, 1.82) is 5.39 Å². The van der Waals surface area contributed by atoms with Gasteiger partial charge in [0.2, 0.25) is 5.39 Å². The molecule has 0 aliphatic carbocycles. The number of allylic oxidation sites excluding steroid dienone is 1. The lowest BCUT2D eigenvalue weighted by atomic mass is 10.0. The molecule has 0 atom stereocenters. The Kier molecular flexibility index (Phi) is 5.17. The van der Waals surface area contributed by atoms with Crippen LogP contribution < -0.4 is 0 Å². The van der Waals surface area contributed by atoms with Gasteiger partial charge in [0.05, 0.1) is 5.56 Å². The summed E-state index contributed by atoms with van der Waals surface area (Å²) >= 11 is 3.33. The van der Waals surface area contributed by atoms with Crippen LogP contribution in [-0.2, 0) is 0 Å². The summed E-state index contributed by atoms with van der Waals surface area (Å²) in [5.41, 5.74) is 0.954. The zero-order valence-corrected chi connectivity index (χ0v) is 11.6. The molecule has 4 heteroatoms. The Morgan fingerprint density at radius 3 is 2.41 bits per heavy atom. The summed E-state index contributed by atoms with van der Waals surface area (Å²) in [4.78, 5) is 3.18. The second-order valence-corrected chi connectivity index (χ2v) is 5.25. The fourth-order valence-electron chi connectivity index (χ4n) is 1.43. The number of aliphatic hydroxyl groups excluding tert-OH is 1. The molecule has 0 bridgehead atoms. The number of nitrogens with zero attached hydrogens (tertiary/aromatic N) is 2. The summed E-state index contributed by atoms with van der Waals surface area (Å²) in [6.45, 7) is 4.17. The van der Waals surface area contributed by atoms with E-state index in [-0.39, 0.29) is 11.5 Å². The molecule has 90 valence electrons. The van der Waals surface area contributed by atoms with Crippen LogP contribution in [-0.4, -0.2) is 5.11 Å². The molecule has 17 heavy (non-hydrogen) atoms. The van der Waals surface area contributed by atoms with Crippen molar-refractivity contribution in [3.05, 3.63) is 45.0 Å².